The molecule has 1 aromatic rings. The Bertz CT molecular complexity index is 389. The maximum Gasteiger partial charge on any atom is 0.319 e. The molecule has 17 heavy (non-hydrogen) atoms. The lowest BCUT2D eigenvalue weighted by molar-refractivity contribution is 0.275. The van der Waals surface area contributed by atoms with Crippen molar-refractivity contribution in [1.82, 2.24) is 9.97 Å². The van der Waals surface area contributed by atoms with Gasteiger partial charge < -0.3 is 14.7 Å². The van der Waals surface area contributed by atoms with Crippen molar-refractivity contribution in [1.29, 1.82) is 0 Å². The molecule has 2 heterocycles. The molecule has 5 nitrogen and oxygen atoms in total. The van der Waals surface area contributed by atoms with Crippen LogP contribution in [0.25, 0.3) is 0 Å². The van der Waals surface area contributed by atoms with Crippen molar-refractivity contribution >= 4 is 17.4 Å². The molecule has 0 radical (unpaired) electrons. The van der Waals surface area contributed by atoms with Gasteiger partial charge in [0.25, 0.3) is 0 Å². The van der Waals surface area contributed by atoms with Gasteiger partial charge in [0.1, 0.15) is 11.0 Å². The van der Waals surface area contributed by atoms with Crippen LogP contribution in [-0.4, -0.2) is 41.4 Å². The summed E-state index contributed by atoms with van der Waals surface area (Å²) in [6, 6.07) is 2.34. The number of aliphatic hydroxyl groups is 1. The molecule has 0 amide bonds. The Morgan fingerprint density at radius 2 is 2.41 bits per heavy atom. The molecule has 1 atom stereocenters. The Labute approximate surface area is 105 Å². The van der Waals surface area contributed by atoms with Crippen molar-refractivity contribution in [2.24, 2.45) is 0 Å². The fourth-order valence-electron chi connectivity index (χ4n) is 2.21. The second kappa shape index (κ2) is 5.51. The van der Waals surface area contributed by atoms with Gasteiger partial charge in [-0.1, -0.05) is 11.6 Å². The maximum atomic E-state index is 9.04. The third kappa shape index (κ3) is 2.79. The zero-order valence-electron chi connectivity index (χ0n) is 9.77. The van der Waals surface area contributed by atoms with Gasteiger partial charge in [0, 0.05) is 25.3 Å². The molecular weight excluding hydrogens is 242 g/mol. The van der Waals surface area contributed by atoms with E-state index in [2.05, 4.69) is 14.9 Å². The number of hydrogen-bond donors (Lipinski definition) is 1. The van der Waals surface area contributed by atoms with Crippen molar-refractivity contribution in [3.05, 3.63) is 11.2 Å². The fourth-order valence-corrected chi connectivity index (χ4v) is 2.38. The lowest BCUT2D eigenvalue weighted by Crippen LogP contribution is -2.30. The molecule has 94 valence electrons. The Hall–Kier alpha value is -1.07. The van der Waals surface area contributed by atoms with Crippen LogP contribution >= 0.6 is 11.6 Å². The summed E-state index contributed by atoms with van der Waals surface area (Å²) in [5.74, 6) is 0.776. The zero-order chi connectivity index (χ0) is 12.3. The summed E-state index contributed by atoms with van der Waals surface area (Å²) in [5, 5.41) is 9.41. The minimum atomic E-state index is 0.192. The predicted octanol–water partition coefficient (Wildman–Crippen LogP) is 1.49. The predicted molar refractivity (Wildman–Crippen MR) is 65.7 cm³/mol. The highest BCUT2D eigenvalue weighted by Crippen LogP contribution is 2.28. The number of aliphatic hydroxyl groups excluding tert-OH is 1. The first-order valence-electron chi connectivity index (χ1n) is 5.70. The summed E-state index contributed by atoms with van der Waals surface area (Å²) in [5.41, 5.74) is 0. The van der Waals surface area contributed by atoms with E-state index in [1.54, 1.807) is 6.07 Å². The van der Waals surface area contributed by atoms with Gasteiger partial charge >= 0.3 is 6.01 Å². The summed E-state index contributed by atoms with van der Waals surface area (Å²) in [6.07, 6.45) is 2.93. The number of hydrogen-bond acceptors (Lipinski definition) is 5. The van der Waals surface area contributed by atoms with E-state index in [4.69, 9.17) is 21.4 Å². The van der Waals surface area contributed by atoms with Gasteiger partial charge in [-0.05, 0) is 19.3 Å². The average Bonchev–Trinajstić information content (AvgIpc) is 2.77. The molecule has 1 N–H and O–H groups in total. The van der Waals surface area contributed by atoms with Gasteiger partial charge in [0.05, 0.1) is 7.11 Å². The molecule has 2 rings (SSSR count). The van der Waals surface area contributed by atoms with Crippen LogP contribution < -0.4 is 9.64 Å². The summed E-state index contributed by atoms with van der Waals surface area (Å²) < 4.78 is 5.01. The van der Waals surface area contributed by atoms with Crippen LogP contribution in [0.2, 0.25) is 5.15 Å². The number of ether oxygens (including phenoxy) is 1. The molecule has 0 aliphatic carbocycles. The van der Waals surface area contributed by atoms with E-state index in [-0.39, 0.29) is 12.6 Å². The lowest BCUT2D eigenvalue weighted by atomic mass is 10.1. The number of halogens is 1. The van der Waals surface area contributed by atoms with E-state index >= 15 is 0 Å². The lowest BCUT2D eigenvalue weighted by Gasteiger charge is -2.25. The molecule has 0 spiro atoms. The normalized spacial score (nSPS) is 19.7. The Kier molecular flexibility index (Phi) is 4.02. The SMILES string of the molecule is COc1nc(Cl)cc(N2CCCC2CCO)n1. The van der Waals surface area contributed by atoms with Crippen LogP contribution in [0.15, 0.2) is 6.07 Å². The summed E-state index contributed by atoms with van der Waals surface area (Å²) in [6.45, 7) is 1.12. The van der Waals surface area contributed by atoms with Crippen molar-refractivity contribution < 1.29 is 9.84 Å². The highest BCUT2D eigenvalue weighted by atomic mass is 35.5. The molecule has 1 saturated heterocycles. The topological polar surface area (TPSA) is 58.5 Å². The molecule has 1 aliphatic heterocycles. The van der Waals surface area contributed by atoms with Crippen LogP contribution in [0.1, 0.15) is 19.3 Å². The smallest absolute Gasteiger partial charge is 0.319 e. The third-order valence-corrected chi connectivity index (χ3v) is 3.17. The first kappa shape index (κ1) is 12.4. The average molecular weight is 258 g/mol. The first-order valence-corrected chi connectivity index (χ1v) is 6.08. The molecule has 0 bridgehead atoms. The standard InChI is InChI=1S/C11H16ClN3O2/c1-17-11-13-9(12)7-10(14-11)15-5-2-3-8(15)4-6-16/h7-8,16H,2-6H2,1H3. The van der Waals surface area contributed by atoms with Crippen molar-refractivity contribution in [2.45, 2.75) is 25.3 Å². The van der Waals surface area contributed by atoms with Crippen molar-refractivity contribution in [3.63, 3.8) is 0 Å². The monoisotopic (exact) mass is 257 g/mol. The second-order valence-electron chi connectivity index (χ2n) is 4.04. The van der Waals surface area contributed by atoms with Crippen molar-refractivity contribution in [2.75, 3.05) is 25.2 Å². The maximum absolute atomic E-state index is 9.04. The quantitative estimate of drug-likeness (QED) is 0.829. The number of aromatic nitrogens is 2. The van der Waals surface area contributed by atoms with Gasteiger partial charge in [0.15, 0.2) is 0 Å². The van der Waals surface area contributed by atoms with E-state index in [0.717, 1.165) is 31.6 Å². The van der Waals surface area contributed by atoms with E-state index in [1.165, 1.54) is 7.11 Å². The van der Waals surface area contributed by atoms with Crippen molar-refractivity contribution in [3.8, 4) is 6.01 Å². The van der Waals surface area contributed by atoms with Crippen LogP contribution in [0.4, 0.5) is 5.82 Å². The number of rotatable bonds is 4. The van der Waals surface area contributed by atoms with Gasteiger partial charge in [-0.3, -0.25) is 0 Å². The van der Waals surface area contributed by atoms with E-state index < -0.39 is 0 Å². The highest BCUT2D eigenvalue weighted by Gasteiger charge is 2.25. The first-order chi connectivity index (χ1) is 8.24. The molecule has 1 fully saturated rings. The number of anilines is 1. The minimum Gasteiger partial charge on any atom is -0.467 e. The largest absolute Gasteiger partial charge is 0.467 e. The van der Waals surface area contributed by atoms with Gasteiger partial charge in [0.2, 0.25) is 0 Å². The zero-order valence-corrected chi connectivity index (χ0v) is 10.5. The molecule has 6 heteroatoms. The van der Waals surface area contributed by atoms with Crippen LogP contribution in [0.3, 0.4) is 0 Å². The fraction of sp³-hybridized carbons (Fsp3) is 0.636. The van der Waals surface area contributed by atoms with E-state index in [1.807, 2.05) is 0 Å². The van der Waals surface area contributed by atoms with E-state index in [0.29, 0.717) is 11.2 Å². The molecule has 1 unspecified atom stereocenters. The third-order valence-electron chi connectivity index (χ3n) is 2.98. The number of nitrogens with zero attached hydrogens (tertiary/aromatic N) is 3. The Morgan fingerprint density at radius 1 is 1.59 bits per heavy atom. The summed E-state index contributed by atoms with van der Waals surface area (Å²) in [4.78, 5) is 10.4. The molecular formula is C11H16ClN3O2. The number of methoxy groups -OCH3 is 1. The summed E-state index contributed by atoms with van der Waals surface area (Å²) >= 11 is 5.92. The highest BCUT2D eigenvalue weighted by molar-refractivity contribution is 6.29. The Morgan fingerprint density at radius 3 is 3.12 bits per heavy atom. The van der Waals surface area contributed by atoms with Gasteiger partial charge in [-0.2, -0.15) is 9.97 Å². The minimum absolute atomic E-state index is 0.192. The van der Waals surface area contributed by atoms with Gasteiger partial charge in [-0.15, -0.1) is 0 Å². The molecule has 1 aliphatic rings. The molecule has 1 aromatic heterocycles. The Balaban J connectivity index is 2.23. The van der Waals surface area contributed by atoms with E-state index in [9.17, 15) is 0 Å². The summed E-state index contributed by atoms with van der Waals surface area (Å²) in [7, 11) is 1.52. The van der Waals surface area contributed by atoms with Gasteiger partial charge in [-0.25, -0.2) is 0 Å². The molecule has 0 aromatic carbocycles. The van der Waals surface area contributed by atoms with Crippen LogP contribution in [0, 0.1) is 0 Å². The van der Waals surface area contributed by atoms with Crippen LogP contribution in [0.5, 0.6) is 6.01 Å². The second-order valence-corrected chi connectivity index (χ2v) is 4.42. The van der Waals surface area contributed by atoms with Crippen LogP contribution in [-0.2, 0) is 0 Å². The molecule has 0 saturated carbocycles.